The van der Waals surface area contributed by atoms with E-state index in [9.17, 15) is 4.79 Å². The molecule has 0 aromatic heterocycles. The van der Waals surface area contributed by atoms with Crippen LogP contribution in [0.3, 0.4) is 0 Å². The van der Waals surface area contributed by atoms with Crippen molar-refractivity contribution in [3.63, 3.8) is 0 Å². The molecule has 0 aliphatic carbocycles. The molecule has 0 fully saturated rings. The molecule has 0 unspecified atom stereocenters. The van der Waals surface area contributed by atoms with Gasteiger partial charge in [-0.05, 0) is 42.2 Å². The van der Waals surface area contributed by atoms with Crippen LogP contribution in [0.15, 0.2) is 54.6 Å². The molecule has 0 radical (unpaired) electrons. The standard InChI is InChI=1S/C19H22N2O2/c1-15-10-11-18(20)13-17(15)9-5-6-12-21-19(22)23-14-16-7-3-2-4-8-16/h2-5,7-11,13H,6,12,14,20H2,1H3,(H,21,22). The van der Waals surface area contributed by atoms with Crippen molar-refractivity contribution in [2.45, 2.75) is 20.0 Å². The number of alkyl carbamates (subject to hydrolysis) is 1. The summed E-state index contributed by atoms with van der Waals surface area (Å²) < 4.78 is 5.14. The van der Waals surface area contributed by atoms with Crippen LogP contribution in [0.25, 0.3) is 6.08 Å². The molecule has 2 aromatic rings. The van der Waals surface area contributed by atoms with Crippen molar-refractivity contribution in [3.8, 4) is 0 Å². The second kappa shape index (κ2) is 8.63. The number of carbonyl (C=O) groups is 1. The Kier molecular flexibility index (Phi) is 6.24. The number of nitrogens with two attached hydrogens (primary N) is 1. The lowest BCUT2D eigenvalue weighted by atomic mass is 10.1. The monoisotopic (exact) mass is 310 g/mol. The quantitative estimate of drug-likeness (QED) is 0.628. The fourth-order valence-electron chi connectivity index (χ4n) is 2.08. The molecule has 0 bridgehead atoms. The van der Waals surface area contributed by atoms with Crippen LogP contribution in [0.4, 0.5) is 10.5 Å². The first kappa shape index (κ1) is 16.6. The molecular weight excluding hydrogens is 288 g/mol. The van der Waals surface area contributed by atoms with Gasteiger partial charge in [0.05, 0.1) is 0 Å². The number of hydrogen-bond acceptors (Lipinski definition) is 3. The summed E-state index contributed by atoms with van der Waals surface area (Å²) in [4.78, 5) is 11.6. The molecule has 0 aliphatic rings. The first-order chi connectivity index (χ1) is 11.1. The van der Waals surface area contributed by atoms with Gasteiger partial charge in [-0.15, -0.1) is 0 Å². The summed E-state index contributed by atoms with van der Waals surface area (Å²) in [7, 11) is 0. The molecule has 2 aromatic carbocycles. The van der Waals surface area contributed by atoms with Gasteiger partial charge in [-0.25, -0.2) is 4.79 Å². The van der Waals surface area contributed by atoms with Gasteiger partial charge in [-0.3, -0.25) is 0 Å². The van der Waals surface area contributed by atoms with Gasteiger partial charge in [-0.1, -0.05) is 48.6 Å². The van der Waals surface area contributed by atoms with Crippen LogP contribution < -0.4 is 11.1 Å². The maximum absolute atomic E-state index is 11.6. The first-order valence-corrected chi connectivity index (χ1v) is 7.62. The molecular formula is C19H22N2O2. The topological polar surface area (TPSA) is 64.3 Å². The van der Waals surface area contributed by atoms with Crippen molar-refractivity contribution in [2.75, 3.05) is 12.3 Å². The third kappa shape index (κ3) is 5.87. The molecule has 120 valence electrons. The number of amides is 1. The zero-order valence-electron chi connectivity index (χ0n) is 13.3. The van der Waals surface area contributed by atoms with E-state index < -0.39 is 6.09 Å². The van der Waals surface area contributed by atoms with Crippen molar-refractivity contribution in [3.05, 3.63) is 71.3 Å². The Bertz CT molecular complexity index is 666. The second-order valence-corrected chi connectivity index (χ2v) is 5.30. The number of carbonyl (C=O) groups excluding carboxylic acids is 1. The van der Waals surface area contributed by atoms with E-state index in [1.54, 1.807) is 0 Å². The van der Waals surface area contributed by atoms with Gasteiger partial charge in [0.25, 0.3) is 0 Å². The van der Waals surface area contributed by atoms with Crippen LogP contribution in [0.1, 0.15) is 23.1 Å². The van der Waals surface area contributed by atoms with Crippen molar-refractivity contribution >= 4 is 17.9 Å². The summed E-state index contributed by atoms with van der Waals surface area (Å²) in [5.74, 6) is 0. The Morgan fingerprint density at radius 3 is 2.78 bits per heavy atom. The molecule has 0 heterocycles. The SMILES string of the molecule is Cc1ccc(N)cc1C=CCCNC(=O)OCc1ccccc1. The maximum atomic E-state index is 11.6. The average Bonchev–Trinajstić information content (AvgIpc) is 2.56. The molecule has 0 saturated heterocycles. The number of ether oxygens (including phenoxy) is 1. The largest absolute Gasteiger partial charge is 0.445 e. The summed E-state index contributed by atoms with van der Waals surface area (Å²) >= 11 is 0. The number of aryl methyl sites for hydroxylation is 1. The van der Waals surface area contributed by atoms with E-state index in [0.717, 1.165) is 23.2 Å². The van der Waals surface area contributed by atoms with Crippen molar-refractivity contribution in [1.29, 1.82) is 0 Å². The van der Waals surface area contributed by atoms with E-state index in [1.165, 1.54) is 5.56 Å². The zero-order valence-corrected chi connectivity index (χ0v) is 13.3. The smallest absolute Gasteiger partial charge is 0.407 e. The van der Waals surface area contributed by atoms with Crippen LogP contribution in [-0.2, 0) is 11.3 Å². The summed E-state index contributed by atoms with van der Waals surface area (Å²) in [6, 6.07) is 15.4. The number of anilines is 1. The second-order valence-electron chi connectivity index (χ2n) is 5.30. The van der Waals surface area contributed by atoms with Crippen molar-refractivity contribution in [2.24, 2.45) is 0 Å². The minimum absolute atomic E-state index is 0.283. The van der Waals surface area contributed by atoms with Gasteiger partial charge in [0.2, 0.25) is 0 Å². The summed E-state index contributed by atoms with van der Waals surface area (Å²) in [6.07, 6.45) is 4.36. The molecule has 4 nitrogen and oxygen atoms in total. The lowest BCUT2D eigenvalue weighted by Crippen LogP contribution is -2.24. The fraction of sp³-hybridized carbons (Fsp3) is 0.211. The predicted octanol–water partition coefficient (Wildman–Crippen LogP) is 3.91. The number of rotatable bonds is 6. The molecule has 0 atom stereocenters. The first-order valence-electron chi connectivity index (χ1n) is 7.62. The Balaban J connectivity index is 1.67. The molecule has 3 N–H and O–H groups in total. The molecule has 2 rings (SSSR count). The van der Waals surface area contributed by atoms with E-state index in [1.807, 2.05) is 67.6 Å². The van der Waals surface area contributed by atoms with Crippen molar-refractivity contribution < 1.29 is 9.53 Å². The molecule has 4 heteroatoms. The van der Waals surface area contributed by atoms with Gasteiger partial charge in [0, 0.05) is 12.2 Å². The maximum Gasteiger partial charge on any atom is 0.407 e. The van der Waals surface area contributed by atoms with Gasteiger partial charge in [-0.2, -0.15) is 0 Å². The van der Waals surface area contributed by atoms with Gasteiger partial charge in [0.15, 0.2) is 0 Å². The molecule has 0 aliphatic heterocycles. The van der Waals surface area contributed by atoms with E-state index in [2.05, 4.69) is 5.32 Å². The highest BCUT2D eigenvalue weighted by atomic mass is 16.5. The van der Waals surface area contributed by atoms with Crippen LogP contribution >= 0.6 is 0 Å². The molecule has 0 saturated carbocycles. The van der Waals surface area contributed by atoms with E-state index in [0.29, 0.717) is 6.54 Å². The highest BCUT2D eigenvalue weighted by Gasteiger charge is 2.00. The lowest BCUT2D eigenvalue weighted by molar-refractivity contribution is 0.140. The average molecular weight is 310 g/mol. The lowest BCUT2D eigenvalue weighted by Gasteiger charge is -2.06. The number of nitrogens with one attached hydrogen (secondary N) is 1. The highest BCUT2D eigenvalue weighted by molar-refractivity contribution is 5.67. The predicted molar refractivity (Wildman–Crippen MR) is 93.9 cm³/mol. The summed E-state index contributed by atoms with van der Waals surface area (Å²) in [6.45, 7) is 2.86. The Morgan fingerprint density at radius 2 is 2.00 bits per heavy atom. The van der Waals surface area contributed by atoms with Gasteiger partial charge in [0.1, 0.15) is 6.61 Å². The van der Waals surface area contributed by atoms with E-state index >= 15 is 0 Å². The Hall–Kier alpha value is -2.75. The molecule has 23 heavy (non-hydrogen) atoms. The normalized spacial score (nSPS) is 10.7. The molecule has 0 spiro atoms. The third-order valence-corrected chi connectivity index (χ3v) is 3.39. The summed E-state index contributed by atoms with van der Waals surface area (Å²) in [5.41, 5.74) is 9.76. The van der Waals surface area contributed by atoms with Crippen LogP contribution in [0.2, 0.25) is 0 Å². The third-order valence-electron chi connectivity index (χ3n) is 3.39. The van der Waals surface area contributed by atoms with Crippen LogP contribution in [0.5, 0.6) is 0 Å². The number of hydrogen-bond donors (Lipinski definition) is 2. The minimum Gasteiger partial charge on any atom is -0.445 e. The van der Waals surface area contributed by atoms with E-state index in [-0.39, 0.29) is 6.61 Å². The highest BCUT2D eigenvalue weighted by Crippen LogP contribution is 2.14. The Labute approximate surface area is 137 Å². The van der Waals surface area contributed by atoms with Gasteiger partial charge >= 0.3 is 6.09 Å². The van der Waals surface area contributed by atoms with Crippen LogP contribution in [-0.4, -0.2) is 12.6 Å². The Morgan fingerprint density at radius 1 is 1.22 bits per heavy atom. The van der Waals surface area contributed by atoms with Crippen molar-refractivity contribution in [1.82, 2.24) is 5.32 Å². The van der Waals surface area contributed by atoms with E-state index in [4.69, 9.17) is 10.5 Å². The van der Waals surface area contributed by atoms with Crippen LogP contribution in [0, 0.1) is 6.92 Å². The number of benzene rings is 2. The molecule has 1 amide bonds. The minimum atomic E-state index is -0.401. The fourth-order valence-corrected chi connectivity index (χ4v) is 2.08. The van der Waals surface area contributed by atoms with Gasteiger partial charge < -0.3 is 15.8 Å². The number of nitrogen functional groups attached to an aromatic ring is 1. The summed E-state index contributed by atoms with van der Waals surface area (Å²) in [5, 5.41) is 2.73. The zero-order chi connectivity index (χ0) is 16.5.